The number of aliphatic hydroxyl groups is 3. The van der Waals surface area contributed by atoms with Crippen LogP contribution in [0.4, 0.5) is 0 Å². The average Bonchev–Trinajstić information content (AvgIpc) is 3.36. The number of rotatable bonds is 10. The van der Waals surface area contributed by atoms with Crippen LogP contribution in [0.15, 0.2) is 34.7 Å². The number of thiazole rings is 1. The normalized spacial score (nSPS) is 15.6. The predicted molar refractivity (Wildman–Crippen MR) is 122 cm³/mol. The number of benzene rings is 1. The number of hydrogen-bond donors (Lipinski definition) is 3. The molecule has 31 heavy (non-hydrogen) atoms. The Morgan fingerprint density at radius 1 is 1.19 bits per heavy atom. The summed E-state index contributed by atoms with van der Waals surface area (Å²) in [5.41, 5.74) is 0.246. The van der Waals surface area contributed by atoms with Crippen molar-refractivity contribution < 1.29 is 20.1 Å². The first-order chi connectivity index (χ1) is 14.8. The fourth-order valence-corrected chi connectivity index (χ4v) is 4.68. The molecule has 0 spiro atoms. The predicted octanol–water partition coefficient (Wildman–Crippen LogP) is 3.60. The van der Waals surface area contributed by atoms with Gasteiger partial charge in [-0.25, -0.2) is 9.67 Å². The first-order valence-electron chi connectivity index (χ1n) is 9.02. The zero-order valence-electron chi connectivity index (χ0n) is 16.1. The van der Waals surface area contributed by atoms with Gasteiger partial charge in [-0.15, -0.1) is 16.4 Å². The van der Waals surface area contributed by atoms with Crippen molar-refractivity contribution >= 4 is 57.9 Å². The van der Waals surface area contributed by atoms with Gasteiger partial charge in [0.2, 0.25) is 0 Å². The molecular weight excluding hydrogens is 507 g/mol. The molecule has 3 rings (SSSR count). The standard InChI is InChI=1S/C18H19Cl3N4O4S2/c1-9(27)16(7-26)29-17(31-10-2-3-11(19)12(20)4-10)15(28)6-25-5-13(23-24-25)14-8-30-18(21)22-14/h2-5,8-9,15-17,26-28H,6-7H2,1H3/t9-,15+,16?,17?/m1/s1. The van der Waals surface area contributed by atoms with E-state index in [0.29, 0.717) is 30.8 Å². The molecule has 0 bridgehead atoms. The summed E-state index contributed by atoms with van der Waals surface area (Å²) in [5.74, 6) is 0. The molecule has 13 heteroatoms. The van der Waals surface area contributed by atoms with Crippen LogP contribution in [-0.2, 0) is 11.3 Å². The summed E-state index contributed by atoms with van der Waals surface area (Å²) < 4.78 is 7.66. The molecule has 0 aliphatic rings. The van der Waals surface area contributed by atoms with E-state index in [2.05, 4.69) is 15.3 Å². The van der Waals surface area contributed by atoms with Crippen molar-refractivity contribution in [2.45, 2.75) is 42.1 Å². The van der Waals surface area contributed by atoms with Gasteiger partial charge in [-0.3, -0.25) is 0 Å². The first kappa shape index (κ1) is 24.7. The fraction of sp³-hybridized carbons (Fsp3) is 0.389. The van der Waals surface area contributed by atoms with E-state index < -0.39 is 30.4 Å². The van der Waals surface area contributed by atoms with E-state index in [1.807, 2.05) is 0 Å². The van der Waals surface area contributed by atoms with Gasteiger partial charge >= 0.3 is 0 Å². The molecule has 3 N–H and O–H groups in total. The van der Waals surface area contributed by atoms with Gasteiger partial charge in [0.25, 0.3) is 0 Å². The monoisotopic (exact) mass is 524 g/mol. The molecule has 2 aromatic heterocycles. The van der Waals surface area contributed by atoms with Gasteiger partial charge in [0.15, 0.2) is 4.47 Å². The van der Waals surface area contributed by atoms with E-state index in [9.17, 15) is 15.3 Å². The summed E-state index contributed by atoms with van der Waals surface area (Å²) in [6, 6.07) is 5.02. The van der Waals surface area contributed by atoms with Gasteiger partial charge in [0.1, 0.15) is 29.0 Å². The highest BCUT2D eigenvalue weighted by Gasteiger charge is 2.28. The second kappa shape index (κ2) is 11.3. The van der Waals surface area contributed by atoms with Gasteiger partial charge in [-0.05, 0) is 25.1 Å². The summed E-state index contributed by atoms with van der Waals surface area (Å²) >= 11 is 20.4. The van der Waals surface area contributed by atoms with Crippen LogP contribution < -0.4 is 0 Å². The zero-order chi connectivity index (χ0) is 22.5. The number of aliphatic hydroxyl groups excluding tert-OH is 3. The Morgan fingerprint density at radius 3 is 2.58 bits per heavy atom. The minimum absolute atomic E-state index is 0.0435. The Hall–Kier alpha value is -0.950. The maximum Gasteiger partial charge on any atom is 0.184 e. The Bertz CT molecular complexity index is 1000. The smallest absolute Gasteiger partial charge is 0.184 e. The lowest BCUT2D eigenvalue weighted by Gasteiger charge is -2.28. The highest BCUT2D eigenvalue weighted by molar-refractivity contribution is 7.99. The number of halogens is 3. The van der Waals surface area contributed by atoms with Crippen LogP contribution in [0.5, 0.6) is 0 Å². The van der Waals surface area contributed by atoms with Crippen molar-refractivity contribution in [1.82, 2.24) is 20.0 Å². The van der Waals surface area contributed by atoms with Crippen molar-refractivity contribution in [3.63, 3.8) is 0 Å². The molecule has 0 saturated carbocycles. The number of ether oxygens (including phenoxy) is 1. The molecule has 2 unspecified atom stereocenters. The lowest BCUT2D eigenvalue weighted by Crippen LogP contribution is -2.39. The molecular formula is C18H19Cl3N4O4S2. The average molecular weight is 526 g/mol. The van der Waals surface area contributed by atoms with Gasteiger partial charge in [-0.1, -0.05) is 51.8 Å². The number of thioether (sulfide) groups is 1. The third-order valence-corrected chi connectivity index (χ3v) is 7.04. The Balaban J connectivity index is 1.76. The summed E-state index contributed by atoms with van der Waals surface area (Å²) in [6.45, 7) is 1.12. The molecule has 2 heterocycles. The highest BCUT2D eigenvalue weighted by atomic mass is 35.5. The van der Waals surface area contributed by atoms with Crippen LogP contribution in [0.25, 0.3) is 11.4 Å². The third-order valence-electron chi connectivity index (χ3n) is 4.14. The van der Waals surface area contributed by atoms with Crippen LogP contribution in [0.3, 0.4) is 0 Å². The Labute approximate surface area is 201 Å². The van der Waals surface area contributed by atoms with E-state index in [-0.39, 0.29) is 6.54 Å². The summed E-state index contributed by atoms with van der Waals surface area (Å²) in [5, 5.41) is 40.8. The lowest BCUT2D eigenvalue weighted by molar-refractivity contribution is -0.0972. The second-order valence-corrected chi connectivity index (χ2v) is 9.97. The van der Waals surface area contributed by atoms with Gasteiger partial charge in [0, 0.05) is 10.3 Å². The van der Waals surface area contributed by atoms with Gasteiger partial charge in [-0.2, -0.15) is 0 Å². The van der Waals surface area contributed by atoms with E-state index in [1.165, 1.54) is 34.7 Å². The van der Waals surface area contributed by atoms with Gasteiger partial charge < -0.3 is 20.1 Å². The second-order valence-electron chi connectivity index (χ2n) is 6.54. The molecule has 0 saturated heterocycles. The largest absolute Gasteiger partial charge is 0.394 e. The summed E-state index contributed by atoms with van der Waals surface area (Å²) in [7, 11) is 0. The molecule has 0 aliphatic carbocycles. The lowest BCUT2D eigenvalue weighted by atomic mass is 10.2. The molecule has 1 aromatic carbocycles. The molecule has 0 fully saturated rings. The molecule has 8 nitrogen and oxygen atoms in total. The number of aromatic nitrogens is 4. The van der Waals surface area contributed by atoms with Crippen molar-refractivity contribution in [1.29, 1.82) is 0 Å². The van der Waals surface area contributed by atoms with Crippen LogP contribution in [0.1, 0.15) is 6.92 Å². The van der Waals surface area contributed by atoms with Crippen molar-refractivity contribution in [2.75, 3.05) is 6.61 Å². The zero-order valence-corrected chi connectivity index (χ0v) is 20.0. The summed E-state index contributed by atoms with van der Waals surface area (Å²) in [4.78, 5) is 4.84. The van der Waals surface area contributed by atoms with E-state index in [4.69, 9.17) is 39.5 Å². The van der Waals surface area contributed by atoms with E-state index in [0.717, 1.165) is 0 Å². The molecule has 0 amide bonds. The Kier molecular flexibility index (Phi) is 8.97. The van der Waals surface area contributed by atoms with Crippen LogP contribution in [-0.4, -0.2) is 65.7 Å². The van der Waals surface area contributed by atoms with Crippen LogP contribution >= 0.6 is 57.9 Å². The van der Waals surface area contributed by atoms with E-state index >= 15 is 0 Å². The van der Waals surface area contributed by atoms with Crippen LogP contribution in [0, 0.1) is 0 Å². The fourth-order valence-electron chi connectivity index (χ4n) is 2.52. The molecule has 4 atom stereocenters. The molecule has 0 aliphatic heterocycles. The highest BCUT2D eigenvalue weighted by Crippen LogP contribution is 2.33. The van der Waals surface area contributed by atoms with Crippen molar-refractivity contribution in [3.8, 4) is 11.4 Å². The van der Waals surface area contributed by atoms with E-state index in [1.54, 1.807) is 29.8 Å². The molecule has 0 radical (unpaired) electrons. The maximum absolute atomic E-state index is 10.9. The van der Waals surface area contributed by atoms with Crippen molar-refractivity contribution in [3.05, 3.63) is 44.3 Å². The minimum Gasteiger partial charge on any atom is -0.394 e. The molecule has 168 valence electrons. The minimum atomic E-state index is -1.07. The third kappa shape index (κ3) is 6.77. The van der Waals surface area contributed by atoms with Gasteiger partial charge in [0.05, 0.1) is 35.5 Å². The summed E-state index contributed by atoms with van der Waals surface area (Å²) in [6.07, 6.45) is -1.27. The quantitative estimate of drug-likeness (QED) is 0.272. The number of nitrogens with zero attached hydrogens (tertiary/aromatic N) is 4. The molecule has 3 aromatic rings. The topological polar surface area (TPSA) is 114 Å². The Morgan fingerprint density at radius 2 is 1.97 bits per heavy atom. The van der Waals surface area contributed by atoms with Crippen molar-refractivity contribution in [2.24, 2.45) is 0 Å². The maximum atomic E-state index is 10.9. The number of hydrogen-bond acceptors (Lipinski definition) is 9. The van der Waals surface area contributed by atoms with Crippen LogP contribution in [0.2, 0.25) is 14.5 Å². The SMILES string of the molecule is C[C@@H](O)C(CO)OC(Sc1ccc(Cl)c(Cl)c1)[C@@H](O)Cn1cc(-c2csc(Cl)n2)nn1. The first-order valence-corrected chi connectivity index (χ1v) is 11.9.